The Morgan fingerprint density at radius 2 is 1.66 bits per heavy atom. The Balaban J connectivity index is 1.41. The third-order valence-corrected chi connectivity index (χ3v) is 6.57. The van der Waals surface area contributed by atoms with Gasteiger partial charge in [0.15, 0.2) is 0 Å². The van der Waals surface area contributed by atoms with E-state index in [9.17, 15) is 9.59 Å². The maximum absolute atomic E-state index is 12.7. The summed E-state index contributed by atoms with van der Waals surface area (Å²) in [6, 6.07) is 10.6. The number of nitrogens with zero attached hydrogens (tertiary/aromatic N) is 2. The van der Waals surface area contributed by atoms with Gasteiger partial charge in [-0.05, 0) is 55.9 Å². The van der Waals surface area contributed by atoms with Gasteiger partial charge in [0.1, 0.15) is 0 Å². The minimum atomic E-state index is 0.0108. The summed E-state index contributed by atoms with van der Waals surface area (Å²) in [7, 11) is 0. The normalized spacial score (nSPS) is 19.3. The van der Waals surface area contributed by atoms with E-state index in [2.05, 4.69) is 50.4 Å². The summed E-state index contributed by atoms with van der Waals surface area (Å²) in [6.45, 7) is 9.90. The summed E-state index contributed by atoms with van der Waals surface area (Å²) < 4.78 is 0. The van der Waals surface area contributed by atoms with Crippen LogP contribution >= 0.6 is 0 Å². The molecule has 0 radical (unpaired) electrons. The van der Waals surface area contributed by atoms with Crippen molar-refractivity contribution in [1.29, 1.82) is 0 Å². The van der Waals surface area contributed by atoms with E-state index in [-0.39, 0.29) is 17.5 Å². The van der Waals surface area contributed by atoms with Crippen LogP contribution in [0.3, 0.4) is 0 Å². The Morgan fingerprint density at radius 1 is 1.03 bits per heavy atom. The molecule has 160 valence electrons. The van der Waals surface area contributed by atoms with E-state index in [1.54, 1.807) is 0 Å². The van der Waals surface area contributed by atoms with E-state index in [0.717, 1.165) is 58.3 Å². The number of hydrogen-bond acceptors (Lipinski definition) is 2. The first-order valence-electron chi connectivity index (χ1n) is 11.2. The molecule has 5 nitrogen and oxygen atoms in total. The molecule has 1 aromatic carbocycles. The number of amides is 3. The fraction of sp³-hybridized carbons (Fsp3) is 0.667. The number of benzene rings is 1. The second-order valence-electron chi connectivity index (χ2n) is 9.53. The minimum absolute atomic E-state index is 0.0108. The topological polar surface area (TPSA) is 52.7 Å². The first kappa shape index (κ1) is 21.7. The lowest BCUT2D eigenvalue weighted by Gasteiger charge is -2.34. The quantitative estimate of drug-likeness (QED) is 0.780. The zero-order valence-electron chi connectivity index (χ0n) is 18.3. The lowest BCUT2D eigenvalue weighted by Crippen LogP contribution is -2.48. The zero-order chi connectivity index (χ0) is 20.9. The van der Waals surface area contributed by atoms with Crippen molar-refractivity contribution in [3.63, 3.8) is 0 Å². The number of carbonyl (C=O) groups is 2. The fourth-order valence-corrected chi connectivity index (χ4v) is 4.81. The van der Waals surface area contributed by atoms with E-state index in [0.29, 0.717) is 18.2 Å². The van der Waals surface area contributed by atoms with Gasteiger partial charge in [-0.2, -0.15) is 0 Å². The molecule has 1 aromatic rings. The van der Waals surface area contributed by atoms with Gasteiger partial charge in [0.2, 0.25) is 5.91 Å². The molecule has 2 aliphatic heterocycles. The van der Waals surface area contributed by atoms with Gasteiger partial charge in [0.05, 0.1) is 0 Å². The summed E-state index contributed by atoms with van der Waals surface area (Å²) in [5.41, 5.74) is 1.31. The Bertz CT molecular complexity index is 675. The molecule has 2 heterocycles. The molecule has 1 atom stereocenters. The van der Waals surface area contributed by atoms with Crippen LogP contribution in [-0.4, -0.2) is 54.0 Å². The second-order valence-corrected chi connectivity index (χ2v) is 9.53. The molecular formula is C24H37N3O2. The highest BCUT2D eigenvalue weighted by molar-refractivity contribution is 5.77. The van der Waals surface area contributed by atoms with Gasteiger partial charge in [0.25, 0.3) is 0 Å². The van der Waals surface area contributed by atoms with Crippen molar-refractivity contribution in [3.05, 3.63) is 35.9 Å². The zero-order valence-corrected chi connectivity index (χ0v) is 18.3. The smallest absolute Gasteiger partial charge is 0.317 e. The molecule has 3 amide bonds. The Kier molecular flexibility index (Phi) is 7.20. The monoisotopic (exact) mass is 399 g/mol. The first-order valence-corrected chi connectivity index (χ1v) is 11.2. The lowest BCUT2D eigenvalue weighted by molar-refractivity contribution is -0.131. The highest BCUT2D eigenvalue weighted by Crippen LogP contribution is 2.28. The Morgan fingerprint density at radius 3 is 2.28 bits per heavy atom. The van der Waals surface area contributed by atoms with Gasteiger partial charge in [-0.3, -0.25) is 4.79 Å². The van der Waals surface area contributed by atoms with Crippen molar-refractivity contribution in [2.24, 2.45) is 5.92 Å². The second kappa shape index (κ2) is 9.64. The van der Waals surface area contributed by atoms with Crippen LogP contribution in [0.15, 0.2) is 30.3 Å². The molecule has 0 aliphatic carbocycles. The Hall–Kier alpha value is -2.04. The van der Waals surface area contributed by atoms with E-state index in [1.165, 1.54) is 5.56 Å². The Labute approximate surface area is 175 Å². The average molecular weight is 400 g/mol. The number of likely N-dealkylation sites (tertiary alicyclic amines) is 2. The van der Waals surface area contributed by atoms with Crippen LogP contribution in [0.2, 0.25) is 0 Å². The van der Waals surface area contributed by atoms with E-state index in [1.807, 2.05) is 15.9 Å². The van der Waals surface area contributed by atoms with E-state index in [4.69, 9.17) is 0 Å². The van der Waals surface area contributed by atoms with Crippen LogP contribution in [0.25, 0.3) is 0 Å². The molecule has 0 spiro atoms. The van der Waals surface area contributed by atoms with Crippen molar-refractivity contribution < 1.29 is 9.59 Å². The number of rotatable bonds is 6. The van der Waals surface area contributed by atoms with Gasteiger partial charge in [0, 0.05) is 38.6 Å². The SMILES string of the molecule is CC(CC(C)(C)c1ccccc1)NC(=O)N1CCC(CC(=O)N2CCCC2)CC1. The number of hydrogen-bond donors (Lipinski definition) is 1. The van der Waals surface area contributed by atoms with Crippen LogP contribution in [0.1, 0.15) is 64.9 Å². The van der Waals surface area contributed by atoms with Crippen molar-refractivity contribution in [2.45, 2.75) is 70.8 Å². The summed E-state index contributed by atoms with van der Waals surface area (Å²) >= 11 is 0. The average Bonchev–Trinajstić information content (AvgIpc) is 3.24. The van der Waals surface area contributed by atoms with Crippen LogP contribution in [0, 0.1) is 5.92 Å². The van der Waals surface area contributed by atoms with E-state index >= 15 is 0 Å². The molecule has 29 heavy (non-hydrogen) atoms. The van der Waals surface area contributed by atoms with Crippen molar-refractivity contribution in [3.8, 4) is 0 Å². The summed E-state index contributed by atoms with van der Waals surface area (Å²) in [5.74, 6) is 0.726. The predicted octanol–water partition coefficient (Wildman–Crippen LogP) is 4.18. The molecule has 2 fully saturated rings. The molecule has 5 heteroatoms. The first-order chi connectivity index (χ1) is 13.8. The van der Waals surface area contributed by atoms with Crippen molar-refractivity contribution in [1.82, 2.24) is 15.1 Å². The molecule has 1 unspecified atom stereocenters. The van der Waals surface area contributed by atoms with Crippen LogP contribution in [-0.2, 0) is 10.2 Å². The molecule has 1 N–H and O–H groups in total. The van der Waals surface area contributed by atoms with Crippen LogP contribution in [0.5, 0.6) is 0 Å². The third-order valence-electron chi connectivity index (χ3n) is 6.57. The minimum Gasteiger partial charge on any atom is -0.343 e. The number of nitrogens with one attached hydrogen (secondary N) is 1. The molecule has 3 rings (SSSR count). The van der Waals surface area contributed by atoms with Gasteiger partial charge in [-0.1, -0.05) is 44.2 Å². The molecule has 0 bridgehead atoms. The molecular weight excluding hydrogens is 362 g/mol. The summed E-state index contributed by atoms with van der Waals surface area (Å²) in [5, 5.41) is 3.19. The largest absolute Gasteiger partial charge is 0.343 e. The van der Waals surface area contributed by atoms with Crippen molar-refractivity contribution in [2.75, 3.05) is 26.2 Å². The highest BCUT2D eigenvalue weighted by Gasteiger charge is 2.29. The predicted molar refractivity (Wildman–Crippen MR) is 117 cm³/mol. The molecule has 2 aliphatic rings. The standard InChI is InChI=1S/C24H37N3O2/c1-19(18-24(2,3)21-9-5-4-6-10-21)25-23(29)27-15-11-20(12-16-27)17-22(28)26-13-7-8-14-26/h4-6,9-10,19-20H,7-8,11-18H2,1-3H3,(H,25,29). The number of urea groups is 1. The van der Waals surface area contributed by atoms with Crippen molar-refractivity contribution >= 4 is 11.9 Å². The van der Waals surface area contributed by atoms with Gasteiger partial charge in [-0.25, -0.2) is 4.79 Å². The molecule has 0 saturated carbocycles. The number of carbonyl (C=O) groups excluding carboxylic acids is 2. The summed E-state index contributed by atoms with van der Waals surface area (Å²) in [6.07, 6.45) is 5.68. The van der Waals surface area contributed by atoms with Gasteiger partial charge >= 0.3 is 6.03 Å². The highest BCUT2D eigenvalue weighted by atomic mass is 16.2. The third kappa shape index (κ3) is 5.97. The number of piperidine rings is 1. The van der Waals surface area contributed by atoms with Gasteiger partial charge in [-0.15, -0.1) is 0 Å². The molecule has 0 aromatic heterocycles. The van der Waals surface area contributed by atoms with Crippen LogP contribution < -0.4 is 5.32 Å². The maximum Gasteiger partial charge on any atom is 0.317 e. The van der Waals surface area contributed by atoms with Crippen LogP contribution in [0.4, 0.5) is 4.79 Å². The van der Waals surface area contributed by atoms with E-state index < -0.39 is 0 Å². The lowest BCUT2D eigenvalue weighted by atomic mass is 9.79. The fourth-order valence-electron chi connectivity index (χ4n) is 4.81. The summed E-state index contributed by atoms with van der Waals surface area (Å²) in [4.78, 5) is 29.0. The maximum atomic E-state index is 12.7. The molecule has 2 saturated heterocycles. The van der Waals surface area contributed by atoms with Gasteiger partial charge < -0.3 is 15.1 Å².